The summed E-state index contributed by atoms with van der Waals surface area (Å²) >= 11 is 0. The lowest BCUT2D eigenvalue weighted by Gasteiger charge is -2.35. The summed E-state index contributed by atoms with van der Waals surface area (Å²) in [6.45, 7) is 3.65. The molecule has 0 aromatic carbocycles. The molecule has 0 unspecified atom stereocenters. The van der Waals surface area contributed by atoms with Crippen molar-refractivity contribution in [3.8, 4) is 0 Å². The number of aromatic nitrogens is 6. The molecule has 8 nitrogen and oxygen atoms in total. The van der Waals surface area contributed by atoms with E-state index in [2.05, 4.69) is 47.4 Å². The lowest BCUT2D eigenvalue weighted by Crippen LogP contribution is -2.47. The molecule has 5 rings (SSSR count). The van der Waals surface area contributed by atoms with Crippen molar-refractivity contribution in [3.63, 3.8) is 0 Å². The van der Waals surface area contributed by atoms with E-state index in [1.807, 2.05) is 12.1 Å². The van der Waals surface area contributed by atoms with Crippen molar-refractivity contribution in [2.75, 3.05) is 36.0 Å². The van der Waals surface area contributed by atoms with Crippen LogP contribution in [0.5, 0.6) is 0 Å². The van der Waals surface area contributed by atoms with Gasteiger partial charge in [-0.25, -0.2) is 0 Å². The van der Waals surface area contributed by atoms with Crippen LogP contribution in [0.15, 0.2) is 30.6 Å². The Morgan fingerprint density at radius 1 is 0.792 bits per heavy atom. The standard InChI is InChI=1S/C16H18N8/c1-2-12(1)13-3-4-14(20-18-13)22-7-9-23(10-8-22)16-6-5-15-19-17-11-24(15)21-16/h3-6,11-12H,1-2,7-10H2. The quantitative estimate of drug-likeness (QED) is 0.715. The summed E-state index contributed by atoms with van der Waals surface area (Å²) in [5.74, 6) is 2.58. The van der Waals surface area contributed by atoms with Gasteiger partial charge >= 0.3 is 0 Å². The zero-order chi connectivity index (χ0) is 15.9. The fourth-order valence-corrected chi connectivity index (χ4v) is 3.15. The molecular formula is C16H18N8. The first-order valence-corrected chi connectivity index (χ1v) is 8.37. The fraction of sp³-hybridized carbons (Fsp3) is 0.438. The second-order valence-electron chi connectivity index (χ2n) is 6.39. The molecule has 1 saturated carbocycles. The van der Waals surface area contributed by atoms with Crippen molar-refractivity contribution < 1.29 is 0 Å². The summed E-state index contributed by atoms with van der Waals surface area (Å²) in [4.78, 5) is 4.57. The molecule has 1 aliphatic heterocycles. The number of hydrogen-bond acceptors (Lipinski definition) is 7. The fourth-order valence-electron chi connectivity index (χ4n) is 3.15. The Morgan fingerprint density at radius 2 is 1.54 bits per heavy atom. The maximum Gasteiger partial charge on any atom is 0.177 e. The van der Waals surface area contributed by atoms with Gasteiger partial charge in [-0.15, -0.1) is 20.4 Å². The van der Waals surface area contributed by atoms with E-state index in [9.17, 15) is 0 Å². The highest BCUT2D eigenvalue weighted by Crippen LogP contribution is 2.38. The van der Waals surface area contributed by atoms with Gasteiger partial charge in [-0.1, -0.05) is 0 Å². The molecule has 2 fully saturated rings. The molecule has 24 heavy (non-hydrogen) atoms. The van der Waals surface area contributed by atoms with Crippen molar-refractivity contribution in [2.24, 2.45) is 0 Å². The summed E-state index contributed by atoms with van der Waals surface area (Å²) in [6, 6.07) is 8.19. The summed E-state index contributed by atoms with van der Waals surface area (Å²) < 4.78 is 1.71. The third-order valence-corrected chi connectivity index (χ3v) is 4.74. The molecule has 0 atom stereocenters. The molecule has 0 radical (unpaired) electrons. The highest BCUT2D eigenvalue weighted by atomic mass is 15.4. The first kappa shape index (κ1) is 13.6. The van der Waals surface area contributed by atoms with Crippen LogP contribution in [0.4, 0.5) is 11.6 Å². The predicted molar refractivity (Wildman–Crippen MR) is 89.2 cm³/mol. The van der Waals surface area contributed by atoms with Gasteiger partial charge in [0.15, 0.2) is 11.5 Å². The van der Waals surface area contributed by atoms with Gasteiger partial charge in [0, 0.05) is 32.1 Å². The average molecular weight is 322 g/mol. The van der Waals surface area contributed by atoms with Gasteiger partial charge in [-0.2, -0.15) is 9.61 Å². The highest BCUT2D eigenvalue weighted by molar-refractivity contribution is 5.47. The minimum Gasteiger partial charge on any atom is -0.352 e. The number of piperazine rings is 1. The van der Waals surface area contributed by atoms with E-state index >= 15 is 0 Å². The third kappa shape index (κ3) is 2.44. The van der Waals surface area contributed by atoms with E-state index < -0.39 is 0 Å². The summed E-state index contributed by atoms with van der Waals surface area (Å²) in [7, 11) is 0. The van der Waals surface area contributed by atoms with Crippen molar-refractivity contribution in [3.05, 3.63) is 36.3 Å². The largest absolute Gasteiger partial charge is 0.352 e. The second kappa shape index (κ2) is 5.40. The van der Waals surface area contributed by atoms with Gasteiger partial charge in [0.2, 0.25) is 0 Å². The molecule has 2 aliphatic rings. The third-order valence-electron chi connectivity index (χ3n) is 4.74. The van der Waals surface area contributed by atoms with E-state index in [-0.39, 0.29) is 0 Å². The van der Waals surface area contributed by atoms with E-state index in [1.165, 1.54) is 12.8 Å². The molecule has 3 aromatic rings. The average Bonchev–Trinajstić information content (AvgIpc) is 3.39. The Hall–Kier alpha value is -2.77. The van der Waals surface area contributed by atoms with E-state index in [0.717, 1.165) is 49.2 Å². The molecule has 1 saturated heterocycles. The lowest BCUT2D eigenvalue weighted by molar-refractivity contribution is 0.632. The van der Waals surface area contributed by atoms with E-state index in [1.54, 1.807) is 10.8 Å². The predicted octanol–water partition coefficient (Wildman–Crippen LogP) is 1.12. The van der Waals surface area contributed by atoms with Crippen LogP contribution in [0, 0.1) is 0 Å². The molecule has 122 valence electrons. The Morgan fingerprint density at radius 3 is 2.25 bits per heavy atom. The molecule has 0 bridgehead atoms. The molecule has 0 spiro atoms. The van der Waals surface area contributed by atoms with Crippen LogP contribution in [-0.4, -0.2) is 56.2 Å². The lowest BCUT2D eigenvalue weighted by atomic mass is 10.2. The molecule has 4 heterocycles. The number of fused-ring (bicyclic) bond motifs is 1. The Kier molecular flexibility index (Phi) is 3.07. The van der Waals surface area contributed by atoms with Gasteiger partial charge < -0.3 is 9.80 Å². The van der Waals surface area contributed by atoms with Crippen molar-refractivity contribution in [2.45, 2.75) is 18.8 Å². The second-order valence-corrected chi connectivity index (χ2v) is 6.39. The summed E-state index contributed by atoms with van der Waals surface area (Å²) in [5, 5.41) is 21.2. The Labute approximate surface area is 139 Å². The molecule has 3 aromatic heterocycles. The van der Waals surface area contributed by atoms with Gasteiger partial charge in [-0.05, 0) is 37.1 Å². The molecular weight excluding hydrogens is 304 g/mol. The van der Waals surface area contributed by atoms with Crippen LogP contribution < -0.4 is 9.80 Å². The Bertz CT molecular complexity index is 846. The van der Waals surface area contributed by atoms with Crippen LogP contribution >= 0.6 is 0 Å². The highest BCUT2D eigenvalue weighted by Gasteiger charge is 2.26. The van der Waals surface area contributed by atoms with E-state index in [4.69, 9.17) is 0 Å². The molecule has 1 aliphatic carbocycles. The maximum atomic E-state index is 4.57. The Balaban J connectivity index is 1.27. The van der Waals surface area contributed by atoms with Gasteiger partial charge in [0.25, 0.3) is 0 Å². The monoisotopic (exact) mass is 322 g/mol. The SMILES string of the molecule is c1cc(N2CCN(c3ccc4nncn4n3)CC2)nnc1C1CC1. The number of anilines is 2. The topological polar surface area (TPSA) is 75.3 Å². The number of hydrogen-bond donors (Lipinski definition) is 0. The zero-order valence-electron chi connectivity index (χ0n) is 13.3. The minimum atomic E-state index is 0.655. The first-order valence-electron chi connectivity index (χ1n) is 8.37. The number of rotatable bonds is 3. The first-order chi connectivity index (χ1) is 11.9. The van der Waals surface area contributed by atoms with Crippen LogP contribution in [-0.2, 0) is 0 Å². The van der Waals surface area contributed by atoms with Crippen molar-refractivity contribution >= 4 is 17.3 Å². The summed E-state index contributed by atoms with van der Waals surface area (Å²) in [6.07, 6.45) is 4.15. The molecule has 0 amide bonds. The normalized spacial score (nSPS) is 18.3. The summed E-state index contributed by atoms with van der Waals surface area (Å²) in [5.41, 5.74) is 1.91. The smallest absolute Gasteiger partial charge is 0.177 e. The van der Waals surface area contributed by atoms with Crippen LogP contribution in [0.25, 0.3) is 5.65 Å². The van der Waals surface area contributed by atoms with Gasteiger partial charge in [0.05, 0.1) is 5.69 Å². The number of nitrogens with zero attached hydrogens (tertiary/aromatic N) is 8. The van der Waals surface area contributed by atoms with Crippen LogP contribution in [0.1, 0.15) is 24.5 Å². The minimum absolute atomic E-state index is 0.655. The van der Waals surface area contributed by atoms with Crippen LogP contribution in [0.3, 0.4) is 0 Å². The van der Waals surface area contributed by atoms with E-state index in [0.29, 0.717) is 5.92 Å². The molecule has 0 N–H and O–H groups in total. The maximum absolute atomic E-state index is 4.57. The van der Waals surface area contributed by atoms with Crippen LogP contribution in [0.2, 0.25) is 0 Å². The van der Waals surface area contributed by atoms with Gasteiger partial charge in [-0.3, -0.25) is 0 Å². The van der Waals surface area contributed by atoms with Gasteiger partial charge in [0.1, 0.15) is 12.1 Å². The zero-order valence-corrected chi connectivity index (χ0v) is 13.3. The molecule has 8 heteroatoms. The van der Waals surface area contributed by atoms with Crippen molar-refractivity contribution in [1.82, 2.24) is 30.0 Å². The van der Waals surface area contributed by atoms with Crippen molar-refractivity contribution in [1.29, 1.82) is 0 Å².